The predicted molar refractivity (Wildman–Crippen MR) is 107 cm³/mol. The number of para-hydroxylation sites is 1. The summed E-state index contributed by atoms with van der Waals surface area (Å²) in [5, 5.41) is 10.6. The molecule has 0 radical (unpaired) electrons. The van der Waals surface area contributed by atoms with Crippen molar-refractivity contribution in [1.29, 1.82) is 0 Å². The van der Waals surface area contributed by atoms with Crippen molar-refractivity contribution in [3.8, 4) is 0 Å². The number of esters is 2. The van der Waals surface area contributed by atoms with Crippen molar-refractivity contribution in [3.63, 3.8) is 0 Å². The molecule has 0 aliphatic carbocycles. The Bertz CT molecular complexity index is 1010. The van der Waals surface area contributed by atoms with Gasteiger partial charge in [0.15, 0.2) is 0 Å². The number of hydrogen-bond acceptors (Lipinski definition) is 6. The molecule has 2 aliphatic rings. The second-order valence-corrected chi connectivity index (χ2v) is 7.27. The number of allylic oxidation sites excluding steroid dienone is 2. The van der Waals surface area contributed by atoms with Gasteiger partial charge >= 0.3 is 11.9 Å². The minimum absolute atomic E-state index is 0.00627. The average Bonchev–Trinajstić information content (AvgIpc) is 3.13. The topological polar surface area (TPSA) is 81.0 Å². The van der Waals surface area contributed by atoms with Crippen LogP contribution in [0.3, 0.4) is 0 Å². The molecule has 2 bridgehead atoms. The van der Waals surface area contributed by atoms with E-state index < -0.39 is 12.0 Å². The van der Waals surface area contributed by atoms with E-state index in [-0.39, 0.29) is 24.5 Å². The smallest absolute Gasteiger partial charge is 0.330 e. The van der Waals surface area contributed by atoms with Gasteiger partial charge in [-0.15, -0.1) is 0 Å². The van der Waals surface area contributed by atoms with E-state index in [1.54, 1.807) is 6.08 Å². The van der Waals surface area contributed by atoms with E-state index in [2.05, 4.69) is 15.5 Å². The quantitative estimate of drug-likeness (QED) is 0.617. The number of benzene rings is 1. The molecule has 0 unspecified atom stereocenters. The third-order valence-corrected chi connectivity index (χ3v) is 5.81. The van der Waals surface area contributed by atoms with Crippen molar-refractivity contribution >= 4 is 22.8 Å². The van der Waals surface area contributed by atoms with Gasteiger partial charge in [-0.1, -0.05) is 18.2 Å². The van der Waals surface area contributed by atoms with Crippen LogP contribution < -0.4 is 0 Å². The predicted octanol–water partition coefficient (Wildman–Crippen LogP) is 2.34. The number of hydrogen-bond donors (Lipinski definition) is 1. The molecule has 0 saturated heterocycles. The van der Waals surface area contributed by atoms with Crippen molar-refractivity contribution < 1.29 is 24.2 Å². The Morgan fingerprint density at radius 2 is 2.03 bits per heavy atom. The zero-order valence-corrected chi connectivity index (χ0v) is 16.4. The maximum Gasteiger partial charge on any atom is 0.330 e. The van der Waals surface area contributed by atoms with Gasteiger partial charge in [-0.3, -0.25) is 0 Å². The summed E-state index contributed by atoms with van der Waals surface area (Å²) in [7, 11) is 2.72. The van der Waals surface area contributed by atoms with Crippen LogP contribution in [0, 0.1) is 5.92 Å². The molecule has 3 heterocycles. The normalized spacial score (nSPS) is 23.1. The van der Waals surface area contributed by atoms with Gasteiger partial charge in [0, 0.05) is 35.9 Å². The largest absolute Gasteiger partial charge is 0.467 e. The molecule has 0 amide bonds. The summed E-state index contributed by atoms with van der Waals surface area (Å²) in [4.78, 5) is 26.6. The third kappa shape index (κ3) is 3.21. The van der Waals surface area contributed by atoms with E-state index >= 15 is 0 Å². The fourth-order valence-corrected chi connectivity index (χ4v) is 4.56. The van der Waals surface area contributed by atoms with Gasteiger partial charge in [-0.2, -0.15) is 0 Å². The van der Waals surface area contributed by atoms with Crippen molar-refractivity contribution in [1.82, 2.24) is 9.47 Å². The molecular formula is C22H24N2O5. The van der Waals surface area contributed by atoms with Gasteiger partial charge in [0.2, 0.25) is 0 Å². The molecule has 3 atom stereocenters. The fraction of sp³-hybridized carbons (Fsp3) is 0.364. The summed E-state index contributed by atoms with van der Waals surface area (Å²) in [6.07, 6.45) is 5.68. The molecule has 0 spiro atoms. The summed E-state index contributed by atoms with van der Waals surface area (Å²) in [6, 6.07) is 9.56. The molecule has 2 aromatic rings. The van der Waals surface area contributed by atoms with Crippen LogP contribution in [0.2, 0.25) is 0 Å². The molecule has 29 heavy (non-hydrogen) atoms. The van der Waals surface area contributed by atoms with Crippen LogP contribution in [-0.4, -0.2) is 53.9 Å². The number of carbonyl (C=O) groups excluding carboxylic acids is 2. The first-order valence-corrected chi connectivity index (χ1v) is 9.61. The van der Waals surface area contributed by atoms with Gasteiger partial charge in [-0.25, -0.2) is 9.59 Å². The second kappa shape index (κ2) is 7.75. The van der Waals surface area contributed by atoms with Crippen LogP contribution >= 0.6 is 0 Å². The Kier molecular flexibility index (Phi) is 5.15. The average molecular weight is 396 g/mol. The second-order valence-electron chi connectivity index (χ2n) is 7.27. The highest BCUT2D eigenvalue weighted by molar-refractivity contribution is 5.86. The molecule has 7 heteroatoms. The Morgan fingerprint density at radius 1 is 1.24 bits per heavy atom. The summed E-state index contributed by atoms with van der Waals surface area (Å²) in [5.74, 6) is -0.935. The van der Waals surface area contributed by atoms with E-state index in [1.807, 2.05) is 30.5 Å². The number of aliphatic hydroxyl groups is 1. The van der Waals surface area contributed by atoms with E-state index in [4.69, 9.17) is 9.47 Å². The molecule has 152 valence electrons. The zero-order valence-electron chi connectivity index (χ0n) is 16.4. The summed E-state index contributed by atoms with van der Waals surface area (Å²) < 4.78 is 11.9. The maximum atomic E-state index is 12.9. The molecule has 2 aliphatic heterocycles. The Labute approximate surface area is 168 Å². The number of nitrogens with zero attached hydrogens (tertiary/aromatic N) is 2. The Balaban J connectivity index is 1.89. The van der Waals surface area contributed by atoms with Crippen molar-refractivity contribution in [2.24, 2.45) is 5.92 Å². The number of aliphatic hydroxyl groups excluding tert-OH is 1. The van der Waals surface area contributed by atoms with Crippen LogP contribution in [-0.2, 0) is 19.1 Å². The van der Waals surface area contributed by atoms with Gasteiger partial charge in [0.05, 0.1) is 26.9 Å². The highest BCUT2D eigenvalue weighted by Crippen LogP contribution is 2.49. The number of carbonyl (C=O) groups is 2. The van der Waals surface area contributed by atoms with E-state index in [0.29, 0.717) is 13.0 Å². The summed E-state index contributed by atoms with van der Waals surface area (Å²) in [6.45, 7) is 0.462. The number of aromatic nitrogens is 1. The van der Waals surface area contributed by atoms with Crippen LogP contribution in [0.4, 0.5) is 0 Å². The Morgan fingerprint density at radius 3 is 2.76 bits per heavy atom. The molecule has 4 rings (SSSR count). The number of rotatable bonds is 5. The van der Waals surface area contributed by atoms with Crippen LogP contribution in [0.15, 0.2) is 54.3 Å². The van der Waals surface area contributed by atoms with Crippen molar-refractivity contribution in [3.05, 3.63) is 60.0 Å². The SMILES string of the molecule is COC(=O)/C=C/C1=CN(CCO)[C@H]2C[C@@H]1[C@@H](C(=O)OC)n1c2cc2ccccc21. The lowest BCUT2D eigenvalue weighted by Crippen LogP contribution is -2.44. The van der Waals surface area contributed by atoms with Crippen LogP contribution in [0.25, 0.3) is 10.9 Å². The lowest BCUT2D eigenvalue weighted by atomic mass is 9.78. The molecule has 0 fully saturated rings. The summed E-state index contributed by atoms with van der Waals surface area (Å²) >= 11 is 0. The van der Waals surface area contributed by atoms with Crippen LogP contribution in [0.5, 0.6) is 0 Å². The fourth-order valence-electron chi connectivity index (χ4n) is 4.56. The highest BCUT2D eigenvalue weighted by atomic mass is 16.5. The molecule has 7 nitrogen and oxygen atoms in total. The first-order chi connectivity index (χ1) is 14.1. The minimum Gasteiger partial charge on any atom is -0.467 e. The summed E-state index contributed by atoms with van der Waals surface area (Å²) in [5.41, 5.74) is 2.83. The number of ether oxygens (including phenoxy) is 2. The monoisotopic (exact) mass is 396 g/mol. The van der Waals surface area contributed by atoms with E-state index in [0.717, 1.165) is 22.2 Å². The van der Waals surface area contributed by atoms with E-state index in [9.17, 15) is 14.7 Å². The standard InChI is InChI=1S/C22H24N2O5/c1-28-20(26)8-7-15-13-23(9-10-25)18-12-16(15)21(22(27)29-2)24-17-6-4-3-5-14(17)11-19(18)24/h3-8,11,13,16,18,21,25H,9-10,12H2,1-2H3/b8-7+/t16-,18-,21-/m0/s1. The molecule has 1 aromatic heterocycles. The van der Waals surface area contributed by atoms with Crippen molar-refractivity contribution in [2.45, 2.75) is 18.5 Å². The van der Waals surface area contributed by atoms with Gasteiger partial charge < -0.3 is 24.0 Å². The number of fused-ring (bicyclic) bond motifs is 6. The van der Waals surface area contributed by atoms with E-state index in [1.165, 1.54) is 20.3 Å². The molecular weight excluding hydrogens is 372 g/mol. The van der Waals surface area contributed by atoms with Crippen molar-refractivity contribution in [2.75, 3.05) is 27.4 Å². The lowest BCUT2D eigenvalue weighted by molar-refractivity contribution is -0.147. The molecule has 1 N–H and O–H groups in total. The van der Waals surface area contributed by atoms with Gasteiger partial charge in [-0.05, 0) is 35.6 Å². The maximum absolute atomic E-state index is 12.9. The number of β-amino-alcohol motifs (C(OH)–C–C–N with tert-alkyl or cyclic N) is 1. The first kappa shape index (κ1) is 19.3. The third-order valence-electron chi connectivity index (χ3n) is 5.81. The lowest BCUT2D eigenvalue weighted by Gasteiger charge is -2.46. The first-order valence-electron chi connectivity index (χ1n) is 9.61. The number of methoxy groups -OCH3 is 2. The van der Waals surface area contributed by atoms with Crippen LogP contribution in [0.1, 0.15) is 24.2 Å². The highest BCUT2D eigenvalue weighted by Gasteiger charge is 2.45. The van der Waals surface area contributed by atoms with Gasteiger partial charge in [0.25, 0.3) is 0 Å². The molecule has 1 aromatic carbocycles. The zero-order chi connectivity index (χ0) is 20.5. The minimum atomic E-state index is -0.532. The Hall–Kier alpha value is -3.06. The van der Waals surface area contributed by atoms with Gasteiger partial charge in [0.1, 0.15) is 6.04 Å². The molecule has 0 saturated carbocycles.